The second kappa shape index (κ2) is 6.53. The van der Waals surface area contributed by atoms with Gasteiger partial charge in [0.25, 0.3) is 0 Å². The van der Waals surface area contributed by atoms with Crippen molar-refractivity contribution in [1.29, 1.82) is 5.26 Å². The smallest absolute Gasteiger partial charge is 0.121 e. The number of benzene rings is 1. The molecule has 96 valence electrons. The summed E-state index contributed by atoms with van der Waals surface area (Å²) >= 11 is 0. The minimum atomic E-state index is -0.378. The molecule has 0 saturated carbocycles. The van der Waals surface area contributed by atoms with E-state index in [9.17, 15) is 5.26 Å². The quantitative estimate of drug-likeness (QED) is 0.889. The molecule has 1 N–H and O–H groups in total. The summed E-state index contributed by atoms with van der Waals surface area (Å²) in [7, 11) is 1.61. The molecule has 19 heavy (non-hydrogen) atoms. The molecule has 0 saturated heterocycles. The number of hydrogen-bond acceptors (Lipinski definition) is 4. The highest BCUT2D eigenvalue weighted by Crippen LogP contribution is 2.18. The second-order valence-electron chi connectivity index (χ2n) is 4.04. The van der Waals surface area contributed by atoms with Crippen LogP contribution in [0.5, 0.6) is 5.75 Å². The van der Waals surface area contributed by atoms with Crippen molar-refractivity contribution in [2.45, 2.75) is 12.6 Å². The number of methoxy groups -OCH3 is 1. The molecule has 0 fully saturated rings. The van der Waals surface area contributed by atoms with Crippen LogP contribution in [0.4, 0.5) is 0 Å². The standard InChI is InChI=1S/C15H15N3O/c1-19-14-7-4-5-12(9-14)15(10-16)18-11-13-6-2-3-8-17-13/h2-9,15,18H,11H2,1H3. The lowest BCUT2D eigenvalue weighted by atomic mass is 10.1. The molecule has 0 aliphatic heterocycles. The SMILES string of the molecule is COc1cccc(C(C#N)NCc2ccccn2)c1. The van der Waals surface area contributed by atoms with Crippen LogP contribution >= 0.6 is 0 Å². The summed E-state index contributed by atoms with van der Waals surface area (Å²) in [6.45, 7) is 0.552. The largest absolute Gasteiger partial charge is 0.497 e. The van der Waals surface area contributed by atoms with Gasteiger partial charge >= 0.3 is 0 Å². The third-order valence-electron chi connectivity index (χ3n) is 2.77. The van der Waals surface area contributed by atoms with Gasteiger partial charge in [-0.2, -0.15) is 5.26 Å². The molecule has 0 spiro atoms. The number of ether oxygens (including phenoxy) is 1. The average Bonchev–Trinajstić information content (AvgIpc) is 2.49. The molecule has 1 aromatic heterocycles. The Kier molecular flexibility index (Phi) is 4.49. The van der Waals surface area contributed by atoms with E-state index in [0.717, 1.165) is 17.0 Å². The monoisotopic (exact) mass is 253 g/mol. The van der Waals surface area contributed by atoms with Crippen molar-refractivity contribution < 1.29 is 4.74 Å². The van der Waals surface area contributed by atoms with E-state index in [1.165, 1.54) is 0 Å². The molecule has 1 unspecified atom stereocenters. The Balaban J connectivity index is 2.06. The van der Waals surface area contributed by atoms with Crippen molar-refractivity contribution in [3.8, 4) is 11.8 Å². The molecule has 1 heterocycles. The Morgan fingerprint density at radius 2 is 2.21 bits per heavy atom. The van der Waals surface area contributed by atoms with Crippen molar-refractivity contribution >= 4 is 0 Å². The topological polar surface area (TPSA) is 57.9 Å². The van der Waals surface area contributed by atoms with E-state index in [1.54, 1.807) is 13.3 Å². The molecule has 0 aliphatic carbocycles. The Hall–Kier alpha value is -2.38. The summed E-state index contributed by atoms with van der Waals surface area (Å²) in [5.74, 6) is 0.748. The van der Waals surface area contributed by atoms with Gasteiger partial charge < -0.3 is 4.74 Å². The van der Waals surface area contributed by atoms with Gasteiger partial charge in [0, 0.05) is 12.7 Å². The molecule has 4 heteroatoms. The van der Waals surface area contributed by atoms with Crippen LogP contribution in [0.2, 0.25) is 0 Å². The van der Waals surface area contributed by atoms with Gasteiger partial charge in [0.05, 0.1) is 18.9 Å². The normalized spacial score (nSPS) is 11.6. The van der Waals surface area contributed by atoms with Crippen LogP contribution in [0.3, 0.4) is 0 Å². The lowest BCUT2D eigenvalue weighted by Crippen LogP contribution is -2.20. The number of aromatic nitrogens is 1. The fourth-order valence-corrected chi connectivity index (χ4v) is 1.77. The zero-order valence-electron chi connectivity index (χ0n) is 10.7. The number of nitriles is 1. The van der Waals surface area contributed by atoms with Crippen molar-refractivity contribution in [3.05, 3.63) is 59.9 Å². The Morgan fingerprint density at radius 3 is 2.89 bits per heavy atom. The van der Waals surface area contributed by atoms with Gasteiger partial charge in [-0.1, -0.05) is 18.2 Å². The molecular weight excluding hydrogens is 238 g/mol. The second-order valence-corrected chi connectivity index (χ2v) is 4.04. The predicted octanol–water partition coefficient (Wildman–Crippen LogP) is 2.44. The summed E-state index contributed by atoms with van der Waals surface area (Å²) in [4.78, 5) is 4.22. The maximum atomic E-state index is 9.25. The van der Waals surface area contributed by atoms with E-state index < -0.39 is 0 Å². The Labute approximate surface area is 112 Å². The van der Waals surface area contributed by atoms with E-state index >= 15 is 0 Å². The zero-order chi connectivity index (χ0) is 13.5. The van der Waals surface area contributed by atoms with Crippen molar-refractivity contribution in [2.75, 3.05) is 7.11 Å². The third kappa shape index (κ3) is 3.54. The molecule has 0 aliphatic rings. The summed E-state index contributed by atoms with van der Waals surface area (Å²) in [5.41, 5.74) is 1.79. The van der Waals surface area contributed by atoms with Crippen LogP contribution in [-0.2, 0) is 6.54 Å². The molecule has 0 radical (unpaired) electrons. The van der Waals surface area contributed by atoms with Gasteiger partial charge in [0.15, 0.2) is 0 Å². The van der Waals surface area contributed by atoms with Gasteiger partial charge in [-0.05, 0) is 29.8 Å². The third-order valence-corrected chi connectivity index (χ3v) is 2.77. The van der Waals surface area contributed by atoms with Gasteiger partial charge in [0.1, 0.15) is 11.8 Å². The highest BCUT2D eigenvalue weighted by atomic mass is 16.5. The van der Waals surface area contributed by atoms with Crippen LogP contribution in [0, 0.1) is 11.3 Å². The molecule has 1 atom stereocenters. The fourth-order valence-electron chi connectivity index (χ4n) is 1.77. The number of nitrogens with zero attached hydrogens (tertiary/aromatic N) is 2. The zero-order valence-corrected chi connectivity index (χ0v) is 10.7. The number of hydrogen-bond donors (Lipinski definition) is 1. The van der Waals surface area contributed by atoms with E-state index in [2.05, 4.69) is 16.4 Å². The minimum Gasteiger partial charge on any atom is -0.497 e. The van der Waals surface area contributed by atoms with Crippen LogP contribution < -0.4 is 10.1 Å². The molecule has 0 amide bonds. The summed E-state index contributed by atoms with van der Waals surface area (Å²) in [6, 6.07) is 15.1. The maximum absolute atomic E-state index is 9.25. The lowest BCUT2D eigenvalue weighted by Gasteiger charge is -2.12. The van der Waals surface area contributed by atoms with E-state index in [4.69, 9.17) is 4.74 Å². The van der Waals surface area contributed by atoms with Crippen LogP contribution in [-0.4, -0.2) is 12.1 Å². The summed E-state index contributed by atoms with van der Waals surface area (Å²) in [5, 5.41) is 12.4. The molecule has 0 bridgehead atoms. The molecule has 4 nitrogen and oxygen atoms in total. The Morgan fingerprint density at radius 1 is 1.32 bits per heavy atom. The first kappa shape index (κ1) is 13.1. The minimum absolute atomic E-state index is 0.378. The van der Waals surface area contributed by atoms with Gasteiger partial charge in [0.2, 0.25) is 0 Å². The highest BCUT2D eigenvalue weighted by molar-refractivity contribution is 5.33. The lowest BCUT2D eigenvalue weighted by molar-refractivity contribution is 0.413. The van der Waals surface area contributed by atoms with E-state index in [0.29, 0.717) is 6.54 Å². The van der Waals surface area contributed by atoms with Crippen LogP contribution in [0.1, 0.15) is 17.3 Å². The summed E-state index contributed by atoms with van der Waals surface area (Å²) in [6.07, 6.45) is 1.74. The number of pyridine rings is 1. The van der Waals surface area contributed by atoms with E-state index in [1.807, 2.05) is 42.5 Å². The highest BCUT2D eigenvalue weighted by Gasteiger charge is 2.10. The van der Waals surface area contributed by atoms with Crippen molar-refractivity contribution in [2.24, 2.45) is 0 Å². The first-order chi connectivity index (χ1) is 9.33. The van der Waals surface area contributed by atoms with Crippen LogP contribution in [0.15, 0.2) is 48.7 Å². The van der Waals surface area contributed by atoms with Crippen LogP contribution in [0.25, 0.3) is 0 Å². The van der Waals surface area contributed by atoms with Crippen molar-refractivity contribution in [3.63, 3.8) is 0 Å². The first-order valence-corrected chi connectivity index (χ1v) is 6.00. The first-order valence-electron chi connectivity index (χ1n) is 6.00. The molecule has 2 rings (SSSR count). The molecule has 2 aromatic rings. The Bertz CT molecular complexity index is 563. The van der Waals surface area contributed by atoms with Gasteiger partial charge in [-0.25, -0.2) is 0 Å². The molecular formula is C15H15N3O. The predicted molar refractivity (Wildman–Crippen MR) is 72.4 cm³/mol. The summed E-state index contributed by atoms with van der Waals surface area (Å²) < 4.78 is 5.16. The van der Waals surface area contributed by atoms with Gasteiger partial charge in [-0.15, -0.1) is 0 Å². The number of rotatable bonds is 5. The fraction of sp³-hybridized carbons (Fsp3) is 0.200. The van der Waals surface area contributed by atoms with E-state index in [-0.39, 0.29) is 6.04 Å². The molecule has 1 aromatic carbocycles. The van der Waals surface area contributed by atoms with Crippen molar-refractivity contribution in [1.82, 2.24) is 10.3 Å². The number of nitrogens with one attached hydrogen (secondary N) is 1. The maximum Gasteiger partial charge on any atom is 0.121 e. The van der Waals surface area contributed by atoms with Gasteiger partial charge in [-0.3, -0.25) is 10.3 Å². The average molecular weight is 253 g/mol.